The second kappa shape index (κ2) is 8.01. The Morgan fingerprint density at radius 2 is 2.00 bits per heavy atom. The topological polar surface area (TPSA) is 64.6 Å². The first kappa shape index (κ1) is 17.3. The van der Waals surface area contributed by atoms with Crippen molar-refractivity contribution in [1.82, 2.24) is 5.32 Å². The molecule has 2 rings (SSSR count). The minimum atomic E-state index is -1.42. The van der Waals surface area contributed by atoms with Crippen molar-refractivity contribution in [3.8, 4) is 0 Å². The van der Waals surface area contributed by atoms with Gasteiger partial charge in [0, 0.05) is 5.56 Å². The summed E-state index contributed by atoms with van der Waals surface area (Å²) in [7, 11) is 1.10. The van der Waals surface area contributed by atoms with Crippen LogP contribution in [0.25, 0.3) is 0 Å². The molecule has 0 radical (unpaired) electrons. The van der Waals surface area contributed by atoms with Gasteiger partial charge in [-0.05, 0) is 31.0 Å². The lowest BCUT2D eigenvalue weighted by Crippen LogP contribution is -2.37. The zero-order valence-corrected chi connectivity index (χ0v) is 12.8. The van der Waals surface area contributed by atoms with Gasteiger partial charge in [-0.3, -0.25) is 4.79 Å². The normalized spacial score (nSPS) is 16.1. The number of carbonyl (C=O) groups excluding carboxylic acids is 2. The van der Waals surface area contributed by atoms with E-state index < -0.39 is 29.6 Å². The maximum atomic E-state index is 13.8. The summed E-state index contributed by atoms with van der Waals surface area (Å²) in [6, 6.07) is 1.25. The number of esters is 1. The molecular weight excluding hydrogens is 308 g/mol. The van der Waals surface area contributed by atoms with Gasteiger partial charge in [-0.15, -0.1) is 0 Å². The van der Waals surface area contributed by atoms with Gasteiger partial charge in [0.15, 0.2) is 6.04 Å². The molecule has 1 N–H and O–H groups in total. The Morgan fingerprint density at radius 3 is 2.65 bits per heavy atom. The zero-order chi connectivity index (χ0) is 16.8. The molecule has 1 amide bonds. The molecule has 1 saturated carbocycles. The molecule has 0 aliphatic heterocycles. The Labute approximate surface area is 133 Å². The molecule has 126 valence electrons. The monoisotopic (exact) mass is 327 g/mol. The summed E-state index contributed by atoms with van der Waals surface area (Å²) in [6.07, 6.45) is 3.94. The lowest BCUT2D eigenvalue weighted by Gasteiger charge is -2.18. The van der Waals surface area contributed by atoms with Crippen LogP contribution in [0.4, 0.5) is 8.78 Å². The molecule has 0 aromatic heterocycles. The van der Waals surface area contributed by atoms with E-state index in [1.54, 1.807) is 0 Å². The Balaban J connectivity index is 2.04. The highest BCUT2D eigenvalue weighted by Crippen LogP contribution is 2.22. The second-order valence-corrected chi connectivity index (χ2v) is 5.41. The largest absolute Gasteiger partial charge is 0.467 e. The van der Waals surface area contributed by atoms with Crippen LogP contribution in [0.3, 0.4) is 0 Å². The Kier molecular flexibility index (Phi) is 6.04. The van der Waals surface area contributed by atoms with E-state index in [4.69, 9.17) is 4.74 Å². The van der Waals surface area contributed by atoms with Crippen molar-refractivity contribution < 1.29 is 27.8 Å². The van der Waals surface area contributed by atoms with Gasteiger partial charge in [0.25, 0.3) is 0 Å². The van der Waals surface area contributed by atoms with Crippen LogP contribution in [0.1, 0.15) is 37.3 Å². The number of ether oxygens (including phenoxy) is 2. The van der Waals surface area contributed by atoms with E-state index in [2.05, 4.69) is 10.1 Å². The molecule has 0 bridgehead atoms. The maximum Gasteiger partial charge on any atom is 0.333 e. The predicted molar refractivity (Wildman–Crippen MR) is 77.5 cm³/mol. The van der Waals surface area contributed by atoms with Crippen molar-refractivity contribution in [3.63, 3.8) is 0 Å². The van der Waals surface area contributed by atoms with Gasteiger partial charge in [-0.25, -0.2) is 13.6 Å². The zero-order valence-electron chi connectivity index (χ0n) is 12.8. The van der Waals surface area contributed by atoms with Crippen LogP contribution < -0.4 is 5.32 Å². The first-order valence-corrected chi connectivity index (χ1v) is 7.45. The molecule has 0 heterocycles. The summed E-state index contributed by atoms with van der Waals surface area (Å²) >= 11 is 0. The second-order valence-electron chi connectivity index (χ2n) is 5.41. The molecule has 1 atom stereocenters. The standard InChI is InChI=1S/C16H19F2NO4/c1-22-16(21)15(12-8-10(17)6-7-13(12)18)19-14(20)9-23-11-4-2-3-5-11/h6-8,11,15H,2-5,9H2,1H3,(H,19,20). The molecule has 1 aromatic carbocycles. The Bertz CT molecular complexity index is 573. The number of nitrogens with one attached hydrogen (secondary N) is 1. The smallest absolute Gasteiger partial charge is 0.333 e. The van der Waals surface area contributed by atoms with E-state index in [1.165, 1.54) is 0 Å². The molecular formula is C16H19F2NO4. The third-order valence-corrected chi connectivity index (χ3v) is 3.76. The minimum Gasteiger partial charge on any atom is -0.467 e. The highest BCUT2D eigenvalue weighted by atomic mass is 19.1. The first-order chi connectivity index (χ1) is 11.0. The number of methoxy groups -OCH3 is 1. The molecule has 1 unspecified atom stereocenters. The van der Waals surface area contributed by atoms with Crippen LogP contribution in [0.5, 0.6) is 0 Å². The van der Waals surface area contributed by atoms with Gasteiger partial charge >= 0.3 is 5.97 Å². The molecule has 0 saturated heterocycles. The van der Waals surface area contributed by atoms with Gasteiger partial charge in [0.05, 0.1) is 13.2 Å². The fraction of sp³-hybridized carbons (Fsp3) is 0.500. The highest BCUT2D eigenvalue weighted by Gasteiger charge is 2.27. The number of amides is 1. The summed E-state index contributed by atoms with van der Waals surface area (Å²) in [5.74, 6) is -3.00. The van der Waals surface area contributed by atoms with Crippen LogP contribution >= 0.6 is 0 Å². The van der Waals surface area contributed by atoms with Gasteiger partial charge < -0.3 is 14.8 Å². The van der Waals surface area contributed by atoms with Crippen LogP contribution in [0.2, 0.25) is 0 Å². The molecule has 7 heteroatoms. The van der Waals surface area contributed by atoms with E-state index >= 15 is 0 Å². The number of hydrogen-bond acceptors (Lipinski definition) is 4. The van der Waals surface area contributed by atoms with Crippen LogP contribution in [0, 0.1) is 11.6 Å². The van der Waals surface area contributed by atoms with Crippen molar-refractivity contribution >= 4 is 11.9 Å². The molecule has 1 fully saturated rings. The number of hydrogen-bond donors (Lipinski definition) is 1. The van der Waals surface area contributed by atoms with Crippen LogP contribution in [0.15, 0.2) is 18.2 Å². The maximum absolute atomic E-state index is 13.8. The van der Waals surface area contributed by atoms with Gasteiger partial charge in [-0.1, -0.05) is 12.8 Å². The number of benzene rings is 1. The third kappa shape index (κ3) is 4.72. The summed E-state index contributed by atoms with van der Waals surface area (Å²) in [6.45, 7) is -0.241. The number of carbonyl (C=O) groups is 2. The quantitative estimate of drug-likeness (QED) is 0.814. The van der Waals surface area contributed by atoms with Crippen molar-refractivity contribution in [2.24, 2.45) is 0 Å². The van der Waals surface area contributed by atoms with E-state index in [9.17, 15) is 18.4 Å². The lowest BCUT2D eigenvalue weighted by atomic mass is 10.1. The molecule has 1 aliphatic carbocycles. The SMILES string of the molecule is COC(=O)C(NC(=O)COC1CCCC1)c1cc(F)ccc1F. The van der Waals surface area contributed by atoms with E-state index in [1.807, 2.05) is 0 Å². The van der Waals surface area contributed by atoms with Crippen molar-refractivity contribution in [2.75, 3.05) is 13.7 Å². The summed E-state index contributed by atoms with van der Waals surface area (Å²) in [4.78, 5) is 23.7. The van der Waals surface area contributed by atoms with E-state index in [0.29, 0.717) is 0 Å². The van der Waals surface area contributed by atoms with Gasteiger partial charge in [0.1, 0.15) is 18.2 Å². The van der Waals surface area contributed by atoms with Crippen LogP contribution in [-0.4, -0.2) is 31.7 Å². The molecule has 0 spiro atoms. The Morgan fingerprint density at radius 1 is 1.30 bits per heavy atom. The third-order valence-electron chi connectivity index (χ3n) is 3.76. The Hall–Kier alpha value is -2.02. The molecule has 5 nitrogen and oxygen atoms in total. The first-order valence-electron chi connectivity index (χ1n) is 7.45. The average molecular weight is 327 g/mol. The lowest BCUT2D eigenvalue weighted by molar-refractivity contribution is -0.146. The number of rotatable bonds is 6. The van der Waals surface area contributed by atoms with Crippen molar-refractivity contribution in [1.29, 1.82) is 0 Å². The van der Waals surface area contributed by atoms with Crippen molar-refractivity contribution in [3.05, 3.63) is 35.4 Å². The average Bonchev–Trinajstić information content (AvgIpc) is 3.06. The summed E-state index contributed by atoms with van der Waals surface area (Å²) in [5.41, 5.74) is -0.286. The minimum absolute atomic E-state index is 0.0308. The predicted octanol–water partition coefficient (Wildman–Crippen LogP) is 2.25. The van der Waals surface area contributed by atoms with Crippen molar-refractivity contribution in [2.45, 2.75) is 37.8 Å². The summed E-state index contributed by atoms with van der Waals surface area (Å²) < 4.78 is 37.1. The van der Waals surface area contributed by atoms with E-state index in [0.717, 1.165) is 51.0 Å². The number of halogens is 2. The van der Waals surface area contributed by atoms with Crippen LogP contribution in [-0.2, 0) is 19.1 Å². The molecule has 1 aliphatic rings. The molecule has 1 aromatic rings. The van der Waals surface area contributed by atoms with Gasteiger partial charge in [0.2, 0.25) is 5.91 Å². The fourth-order valence-electron chi connectivity index (χ4n) is 2.57. The molecule has 23 heavy (non-hydrogen) atoms. The highest BCUT2D eigenvalue weighted by molar-refractivity contribution is 5.86. The summed E-state index contributed by atoms with van der Waals surface area (Å²) in [5, 5.41) is 2.33. The fourth-order valence-corrected chi connectivity index (χ4v) is 2.57. The van der Waals surface area contributed by atoms with E-state index in [-0.39, 0.29) is 18.3 Å². The van der Waals surface area contributed by atoms with Gasteiger partial charge in [-0.2, -0.15) is 0 Å².